The van der Waals surface area contributed by atoms with Crippen molar-refractivity contribution < 1.29 is 22.8 Å². The average Bonchev–Trinajstić information content (AvgIpc) is 3.25. The number of likely N-dealkylation sites (tertiary alicyclic amines) is 1. The lowest BCUT2D eigenvalue weighted by molar-refractivity contribution is -0.141. The Morgan fingerprint density at radius 1 is 1.23 bits per heavy atom. The molecule has 3 N–H and O–H groups in total. The van der Waals surface area contributed by atoms with E-state index in [2.05, 4.69) is 41.2 Å². The summed E-state index contributed by atoms with van der Waals surface area (Å²) in [6.07, 6.45) is -2.24. The van der Waals surface area contributed by atoms with E-state index in [1.54, 1.807) is 23.1 Å². The van der Waals surface area contributed by atoms with Crippen LogP contribution in [0.2, 0.25) is 0 Å². The number of alkyl halides is 3. The fourth-order valence-corrected chi connectivity index (χ4v) is 6.06. The van der Waals surface area contributed by atoms with Gasteiger partial charge in [0.15, 0.2) is 0 Å². The largest absolute Gasteiger partial charge is 0.433 e. The third-order valence-corrected chi connectivity index (χ3v) is 8.04. The molecule has 0 radical (unpaired) electrons. The fraction of sp³-hybridized carbons (Fsp3) is 0.360. The predicted molar refractivity (Wildman–Crippen MR) is 139 cm³/mol. The zero-order chi connectivity index (χ0) is 27.9. The smallest absolute Gasteiger partial charge is 0.383 e. The van der Waals surface area contributed by atoms with Crippen molar-refractivity contribution in [2.24, 2.45) is 5.41 Å². The van der Waals surface area contributed by atoms with Crippen LogP contribution in [-0.4, -0.2) is 53.3 Å². The van der Waals surface area contributed by atoms with Crippen LogP contribution in [0, 0.1) is 12.3 Å². The number of nitrogens with two attached hydrogens (primary N) is 1. The number of pyridine rings is 2. The molecule has 5 heterocycles. The molecular formula is C25H22BrF3N8O2. The molecular weight excluding hydrogens is 581 g/mol. The van der Waals surface area contributed by atoms with Gasteiger partial charge in [-0.25, -0.2) is 19.9 Å². The predicted octanol–water partition coefficient (Wildman–Crippen LogP) is 4.06. The molecule has 1 aliphatic carbocycles. The van der Waals surface area contributed by atoms with Crippen molar-refractivity contribution in [3.8, 4) is 0 Å². The number of hydrogen-bond donors (Lipinski definition) is 2. The van der Waals surface area contributed by atoms with Gasteiger partial charge in [-0.2, -0.15) is 13.2 Å². The van der Waals surface area contributed by atoms with Gasteiger partial charge in [0.25, 0.3) is 0 Å². The first kappa shape index (κ1) is 25.5. The lowest BCUT2D eigenvalue weighted by Crippen LogP contribution is -2.46. The molecule has 4 aromatic heterocycles. The molecule has 2 aliphatic rings. The van der Waals surface area contributed by atoms with Crippen LogP contribution in [0.3, 0.4) is 0 Å². The topological polar surface area (TPSA) is 132 Å². The number of carbonyl (C=O) groups excluding carboxylic acids is 2. The Kier molecular flexibility index (Phi) is 5.61. The molecule has 2 fully saturated rings. The molecule has 1 saturated heterocycles. The Morgan fingerprint density at radius 3 is 2.72 bits per heavy atom. The summed E-state index contributed by atoms with van der Waals surface area (Å²) in [5, 5.41) is 3.16. The quantitative estimate of drug-likeness (QED) is 0.337. The number of piperidine rings is 1. The fourth-order valence-electron chi connectivity index (χ4n) is 5.72. The van der Waals surface area contributed by atoms with Crippen molar-refractivity contribution in [2.45, 2.75) is 51.5 Å². The van der Waals surface area contributed by atoms with Crippen LogP contribution in [0.1, 0.15) is 31.2 Å². The van der Waals surface area contributed by atoms with Gasteiger partial charge in [-0.3, -0.25) is 9.59 Å². The maximum Gasteiger partial charge on any atom is 0.433 e. The molecule has 10 nitrogen and oxygen atoms in total. The minimum absolute atomic E-state index is 0.00959. The second kappa shape index (κ2) is 8.60. The first-order valence-corrected chi connectivity index (χ1v) is 12.9. The number of aryl methyl sites for hydroxylation is 1. The van der Waals surface area contributed by atoms with Gasteiger partial charge in [0.2, 0.25) is 11.8 Å². The number of fused-ring (bicyclic) bond motifs is 4. The van der Waals surface area contributed by atoms with Crippen LogP contribution >= 0.6 is 15.9 Å². The highest BCUT2D eigenvalue weighted by Gasteiger charge is 2.64. The molecule has 0 aromatic carbocycles. The van der Waals surface area contributed by atoms with E-state index in [9.17, 15) is 22.8 Å². The number of anilines is 2. The van der Waals surface area contributed by atoms with Gasteiger partial charge in [0.05, 0.1) is 16.6 Å². The van der Waals surface area contributed by atoms with E-state index in [1.165, 1.54) is 17.8 Å². The van der Waals surface area contributed by atoms with Crippen LogP contribution in [0.5, 0.6) is 0 Å². The molecule has 1 aliphatic heterocycles. The lowest BCUT2D eigenvalue weighted by Gasteiger charge is -2.27. The number of amides is 2. The maximum absolute atomic E-state index is 13.9. The zero-order valence-electron chi connectivity index (χ0n) is 20.8. The summed E-state index contributed by atoms with van der Waals surface area (Å²) in [6.45, 7) is 3.20. The number of nitrogens with zero attached hydrogens (tertiary/aromatic N) is 6. The Labute approximate surface area is 227 Å². The van der Waals surface area contributed by atoms with Gasteiger partial charge in [0.1, 0.15) is 46.5 Å². The third kappa shape index (κ3) is 4.17. The molecule has 4 aromatic rings. The number of nitrogen functional groups attached to an aromatic ring is 1. The van der Waals surface area contributed by atoms with Crippen molar-refractivity contribution in [3.05, 3.63) is 46.6 Å². The van der Waals surface area contributed by atoms with Crippen molar-refractivity contribution in [1.29, 1.82) is 0 Å². The van der Waals surface area contributed by atoms with Crippen LogP contribution < -0.4 is 11.1 Å². The Morgan fingerprint density at radius 2 is 2.00 bits per heavy atom. The number of halogens is 4. The summed E-state index contributed by atoms with van der Waals surface area (Å²) in [5.41, 5.74) is 5.39. The van der Waals surface area contributed by atoms with Crippen molar-refractivity contribution in [1.82, 2.24) is 29.4 Å². The molecule has 0 spiro atoms. The van der Waals surface area contributed by atoms with E-state index in [0.29, 0.717) is 22.4 Å². The second-order valence-corrected chi connectivity index (χ2v) is 11.1. The summed E-state index contributed by atoms with van der Waals surface area (Å²) in [7, 11) is 0. The maximum atomic E-state index is 13.9. The lowest BCUT2D eigenvalue weighted by atomic mass is 10.0. The Balaban J connectivity index is 1.39. The SMILES string of the molecule is Cc1nc(C(F)(F)F)cc2c3c(N)ncnc3n(CC(=O)N3[C@H](C(=O)Nc4cccc(Br)n4)C[C@@]4(C)C[C@@H]34)c12. The van der Waals surface area contributed by atoms with Gasteiger partial charge in [-0.1, -0.05) is 13.0 Å². The molecule has 0 unspecified atom stereocenters. The van der Waals surface area contributed by atoms with E-state index >= 15 is 0 Å². The van der Waals surface area contributed by atoms with Crippen molar-refractivity contribution >= 4 is 61.3 Å². The van der Waals surface area contributed by atoms with E-state index in [0.717, 1.165) is 12.5 Å². The first-order chi connectivity index (χ1) is 18.4. The molecule has 1 saturated carbocycles. The molecule has 202 valence electrons. The number of aromatic nitrogens is 5. The first-order valence-electron chi connectivity index (χ1n) is 12.1. The number of nitrogens with one attached hydrogen (secondary N) is 1. The average molecular weight is 603 g/mol. The summed E-state index contributed by atoms with van der Waals surface area (Å²) in [6, 6.07) is 5.17. The number of carbonyl (C=O) groups is 2. The zero-order valence-corrected chi connectivity index (χ0v) is 22.3. The summed E-state index contributed by atoms with van der Waals surface area (Å²) in [4.78, 5) is 44.9. The molecule has 3 atom stereocenters. The highest BCUT2D eigenvalue weighted by molar-refractivity contribution is 9.10. The van der Waals surface area contributed by atoms with Crippen LogP contribution in [0.25, 0.3) is 21.9 Å². The van der Waals surface area contributed by atoms with E-state index < -0.39 is 17.9 Å². The molecule has 39 heavy (non-hydrogen) atoms. The highest BCUT2D eigenvalue weighted by atomic mass is 79.9. The number of rotatable bonds is 4. The summed E-state index contributed by atoms with van der Waals surface area (Å²) in [5.74, 6) is -0.378. The van der Waals surface area contributed by atoms with E-state index in [4.69, 9.17) is 5.73 Å². The van der Waals surface area contributed by atoms with Crippen LogP contribution in [-0.2, 0) is 22.3 Å². The second-order valence-electron chi connectivity index (χ2n) is 10.3. The highest BCUT2D eigenvalue weighted by Crippen LogP contribution is 2.59. The Hall–Kier alpha value is -3.81. The normalized spacial score (nSPS) is 22.4. The van der Waals surface area contributed by atoms with Crippen LogP contribution in [0.15, 0.2) is 35.2 Å². The van der Waals surface area contributed by atoms with Crippen molar-refractivity contribution in [3.63, 3.8) is 0 Å². The van der Waals surface area contributed by atoms with Crippen LogP contribution in [0.4, 0.5) is 24.8 Å². The van der Waals surface area contributed by atoms with Gasteiger partial charge < -0.3 is 20.5 Å². The van der Waals surface area contributed by atoms with Gasteiger partial charge in [-0.15, -0.1) is 0 Å². The minimum Gasteiger partial charge on any atom is -0.383 e. The van der Waals surface area contributed by atoms with Crippen molar-refractivity contribution in [2.75, 3.05) is 11.1 Å². The monoisotopic (exact) mass is 602 g/mol. The van der Waals surface area contributed by atoms with Gasteiger partial charge >= 0.3 is 6.18 Å². The molecule has 14 heteroatoms. The molecule has 0 bridgehead atoms. The molecule has 2 amide bonds. The third-order valence-electron chi connectivity index (χ3n) is 7.59. The van der Waals surface area contributed by atoms with Gasteiger partial charge in [-0.05, 0) is 59.3 Å². The summed E-state index contributed by atoms with van der Waals surface area (Å²) >= 11 is 3.28. The molecule has 6 rings (SSSR count). The standard InChI is InChI=1S/C25H22BrF3N8O2/c1-11-20-12(6-14(33-11)25(27,28)29)19-21(30)31-10-32-22(19)36(20)9-18(38)37-13(7-24(2)8-15(24)37)23(39)35-17-5-3-4-16(26)34-17/h3-6,10,13,15H,7-9H2,1-2H3,(H2,30,31,32)(H,34,35,39)/t13-,15+,24-/m0/s1. The number of hydrogen-bond acceptors (Lipinski definition) is 7. The Bertz CT molecular complexity index is 1690. The van der Waals surface area contributed by atoms with E-state index in [-0.39, 0.29) is 57.7 Å². The van der Waals surface area contributed by atoms with E-state index in [1.807, 2.05) is 6.92 Å². The van der Waals surface area contributed by atoms with Gasteiger partial charge in [0, 0.05) is 11.4 Å². The minimum atomic E-state index is -4.68. The summed E-state index contributed by atoms with van der Waals surface area (Å²) < 4.78 is 42.7.